The third-order valence-electron chi connectivity index (χ3n) is 3.80. The number of nitrogens with zero attached hydrogens (tertiary/aromatic N) is 2. The van der Waals surface area contributed by atoms with Gasteiger partial charge in [-0.15, -0.1) is 0 Å². The fourth-order valence-electron chi connectivity index (χ4n) is 2.57. The number of aryl methyl sites for hydroxylation is 1. The number of rotatable bonds is 6. The summed E-state index contributed by atoms with van der Waals surface area (Å²) in [5, 5.41) is 21.1. The van der Waals surface area contributed by atoms with Crippen molar-refractivity contribution in [1.29, 1.82) is 0 Å². The lowest BCUT2D eigenvalue weighted by Crippen LogP contribution is -2.09. The average Bonchev–Trinajstić information content (AvgIpc) is 2.58. The van der Waals surface area contributed by atoms with Gasteiger partial charge in [-0.3, -0.25) is 10.1 Å². The van der Waals surface area contributed by atoms with Crippen LogP contribution in [-0.4, -0.2) is 28.1 Å². The van der Waals surface area contributed by atoms with E-state index in [1.165, 1.54) is 13.2 Å². The Hall–Kier alpha value is -3.22. The first kappa shape index (κ1) is 18.1. The number of carboxylic acids is 1. The van der Waals surface area contributed by atoms with Crippen molar-refractivity contribution in [3.63, 3.8) is 0 Å². The number of aromatic nitrogens is 1. The van der Waals surface area contributed by atoms with Gasteiger partial charge in [-0.05, 0) is 31.1 Å². The van der Waals surface area contributed by atoms with E-state index in [1.807, 2.05) is 30.3 Å². The topological polar surface area (TPSA) is 103 Å². The summed E-state index contributed by atoms with van der Waals surface area (Å²) >= 11 is 0. The smallest absolute Gasteiger partial charge is 0.338 e. The van der Waals surface area contributed by atoms with E-state index in [9.17, 15) is 20.0 Å². The van der Waals surface area contributed by atoms with Crippen LogP contribution >= 0.6 is 0 Å². The number of nitro groups is 1. The minimum atomic E-state index is -1.12. The number of methoxy groups -OCH3 is 1. The molecule has 0 fully saturated rings. The Bertz CT molecular complexity index is 844. The lowest BCUT2D eigenvalue weighted by atomic mass is 9.95. The molecule has 0 aliphatic heterocycles. The normalized spacial score (nSPS) is 11.6. The molecule has 0 unspecified atom stereocenters. The average molecular weight is 342 g/mol. The molecule has 0 spiro atoms. The van der Waals surface area contributed by atoms with Crippen LogP contribution in [0.5, 0.6) is 5.88 Å². The van der Waals surface area contributed by atoms with Gasteiger partial charge >= 0.3 is 11.7 Å². The summed E-state index contributed by atoms with van der Waals surface area (Å²) in [5.41, 5.74) is 1.56. The second kappa shape index (κ2) is 7.57. The quantitative estimate of drug-likeness (QED) is 0.490. The molecule has 0 aliphatic rings. The van der Waals surface area contributed by atoms with Crippen molar-refractivity contribution in [2.45, 2.75) is 20.3 Å². The molecule has 2 aromatic rings. The molecule has 0 aliphatic carbocycles. The SMILES string of the molecule is COc1nc(C)cc(C(C)=C(Cc2ccccc2)C(=O)O)c1[N+](=O)[O-]. The highest BCUT2D eigenvalue weighted by atomic mass is 16.6. The van der Waals surface area contributed by atoms with Crippen molar-refractivity contribution in [2.24, 2.45) is 0 Å². The third-order valence-corrected chi connectivity index (χ3v) is 3.80. The van der Waals surface area contributed by atoms with Crippen LogP contribution in [0, 0.1) is 17.0 Å². The van der Waals surface area contributed by atoms with Gasteiger partial charge in [0.05, 0.1) is 17.6 Å². The van der Waals surface area contributed by atoms with Crippen LogP contribution in [0.15, 0.2) is 42.0 Å². The number of aliphatic carboxylic acids is 1. The zero-order valence-electron chi connectivity index (χ0n) is 14.1. The first-order valence-electron chi connectivity index (χ1n) is 7.52. The standard InChI is InChI=1S/C18H18N2O5/c1-11-9-14(16(20(23)24)17(19-11)25-3)12(2)15(18(21)22)10-13-7-5-4-6-8-13/h4-9H,10H2,1-3H3,(H,21,22). The fourth-order valence-corrected chi connectivity index (χ4v) is 2.57. The number of carbonyl (C=O) groups is 1. The molecule has 0 atom stereocenters. The number of benzene rings is 1. The van der Waals surface area contributed by atoms with E-state index in [4.69, 9.17) is 4.74 Å². The zero-order chi connectivity index (χ0) is 18.6. The van der Waals surface area contributed by atoms with E-state index in [-0.39, 0.29) is 29.1 Å². The number of ether oxygens (including phenoxy) is 1. The van der Waals surface area contributed by atoms with Gasteiger partial charge in [0.15, 0.2) is 0 Å². The van der Waals surface area contributed by atoms with Gasteiger partial charge in [0.25, 0.3) is 5.88 Å². The highest BCUT2D eigenvalue weighted by Gasteiger charge is 2.27. The molecule has 1 heterocycles. The summed E-state index contributed by atoms with van der Waals surface area (Å²) in [4.78, 5) is 26.7. The molecule has 0 radical (unpaired) electrons. The van der Waals surface area contributed by atoms with Crippen molar-refractivity contribution in [3.05, 3.63) is 68.9 Å². The van der Waals surface area contributed by atoms with E-state index >= 15 is 0 Å². The molecule has 7 heteroatoms. The van der Waals surface area contributed by atoms with Gasteiger partial charge in [0.1, 0.15) is 0 Å². The molecule has 1 aromatic carbocycles. The van der Waals surface area contributed by atoms with E-state index in [1.54, 1.807) is 13.8 Å². The highest BCUT2D eigenvalue weighted by Crippen LogP contribution is 2.35. The third kappa shape index (κ3) is 4.00. The first-order chi connectivity index (χ1) is 11.8. The molecule has 1 aromatic heterocycles. The van der Waals surface area contributed by atoms with E-state index < -0.39 is 10.9 Å². The van der Waals surface area contributed by atoms with Crippen molar-refractivity contribution in [1.82, 2.24) is 4.98 Å². The molecule has 0 saturated carbocycles. The Balaban J connectivity index is 2.67. The maximum Gasteiger partial charge on any atom is 0.338 e. The van der Waals surface area contributed by atoms with Crippen LogP contribution in [0.3, 0.4) is 0 Å². The van der Waals surface area contributed by atoms with Gasteiger partial charge in [-0.25, -0.2) is 9.78 Å². The fraction of sp³-hybridized carbons (Fsp3) is 0.222. The van der Waals surface area contributed by atoms with E-state index in [2.05, 4.69) is 4.98 Å². The summed E-state index contributed by atoms with van der Waals surface area (Å²) in [5.74, 6) is -1.26. The minimum Gasteiger partial charge on any atom is -0.478 e. The first-order valence-corrected chi connectivity index (χ1v) is 7.52. The molecule has 0 bridgehead atoms. The van der Waals surface area contributed by atoms with Crippen molar-refractivity contribution in [2.75, 3.05) is 7.11 Å². The summed E-state index contributed by atoms with van der Waals surface area (Å²) in [6.07, 6.45) is 0.156. The summed E-state index contributed by atoms with van der Waals surface area (Å²) in [6, 6.07) is 10.6. The lowest BCUT2D eigenvalue weighted by molar-refractivity contribution is -0.386. The monoisotopic (exact) mass is 342 g/mol. The van der Waals surface area contributed by atoms with Gasteiger partial charge in [-0.2, -0.15) is 0 Å². The van der Waals surface area contributed by atoms with Crippen molar-refractivity contribution < 1.29 is 19.6 Å². The molecule has 130 valence electrons. The molecule has 1 N–H and O–H groups in total. The summed E-state index contributed by atoms with van der Waals surface area (Å²) in [7, 11) is 1.29. The lowest BCUT2D eigenvalue weighted by Gasteiger charge is -2.12. The second-order valence-corrected chi connectivity index (χ2v) is 5.50. The van der Waals surface area contributed by atoms with E-state index in [0.29, 0.717) is 11.3 Å². The zero-order valence-corrected chi connectivity index (χ0v) is 14.1. The Kier molecular flexibility index (Phi) is 5.49. The molecule has 25 heavy (non-hydrogen) atoms. The van der Waals surface area contributed by atoms with Crippen LogP contribution in [0.4, 0.5) is 5.69 Å². The molecular weight excluding hydrogens is 324 g/mol. The summed E-state index contributed by atoms with van der Waals surface area (Å²) < 4.78 is 5.01. The Morgan fingerprint density at radius 2 is 1.96 bits per heavy atom. The van der Waals surface area contributed by atoms with Crippen LogP contribution < -0.4 is 4.74 Å². The van der Waals surface area contributed by atoms with Gasteiger partial charge in [0.2, 0.25) is 0 Å². The van der Waals surface area contributed by atoms with Crippen LogP contribution in [-0.2, 0) is 11.2 Å². The Morgan fingerprint density at radius 3 is 2.48 bits per heavy atom. The number of pyridine rings is 1. The van der Waals surface area contributed by atoms with Crippen LogP contribution in [0.25, 0.3) is 5.57 Å². The molecular formula is C18H18N2O5. The molecule has 0 amide bonds. The van der Waals surface area contributed by atoms with E-state index in [0.717, 1.165) is 5.56 Å². The maximum atomic E-state index is 11.8. The maximum absolute atomic E-state index is 11.8. The van der Waals surface area contributed by atoms with Gasteiger partial charge < -0.3 is 9.84 Å². The minimum absolute atomic E-state index is 0.0851. The highest BCUT2D eigenvalue weighted by molar-refractivity contribution is 5.97. The number of allylic oxidation sites excluding steroid dienone is 1. The number of hydrogen-bond donors (Lipinski definition) is 1. The number of carboxylic acid groups (broad SMARTS) is 1. The predicted octanol–water partition coefficient (Wildman–Crippen LogP) is 3.41. The molecule has 7 nitrogen and oxygen atoms in total. The van der Waals surface area contributed by atoms with Crippen LogP contribution in [0.1, 0.15) is 23.7 Å². The summed E-state index contributed by atoms with van der Waals surface area (Å²) in [6.45, 7) is 3.23. The van der Waals surface area contributed by atoms with Gasteiger partial charge in [-0.1, -0.05) is 30.3 Å². The van der Waals surface area contributed by atoms with Crippen molar-refractivity contribution in [3.8, 4) is 5.88 Å². The van der Waals surface area contributed by atoms with Gasteiger partial charge in [0, 0.05) is 17.7 Å². The second-order valence-electron chi connectivity index (χ2n) is 5.50. The predicted molar refractivity (Wildman–Crippen MR) is 92.6 cm³/mol. The molecule has 0 saturated heterocycles. The Morgan fingerprint density at radius 1 is 1.32 bits per heavy atom. The molecule has 2 rings (SSSR count). The number of hydrogen-bond acceptors (Lipinski definition) is 5. The van der Waals surface area contributed by atoms with Crippen LogP contribution in [0.2, 0.25) is 0 Å². The Labute approximate surface area is 144 Å². The largest absolute Gasteiger partial charge is 0.478 e. The van der Waals surface area contributed by atoms with Crippen molar-refractivity contribution >= 4 is 17.2 Å².